The molecule has 0 bridgehead atoms. The molecule has 0 aromatic carbocycles. The number of carbonyl (C=O) groups excluding carboxylic acids is 3. The van der Waals surface area contributed by atoms with Gasteiger partial charge in [-0.1, -0.05) is 13.8 Å². The minimum atomic E-state index is -1.67. The average Bonchev–Trinajstić information content (AvgIpc) is 3.20. The van der Waals surface area contributed by atoms with E-state index in [4.69, 9.17) is 10.2 Å². The lowest BCUT2D eigenvalue weighted by Gasteiger charge is -2.24. The second-order valence-electron chi connectivity index (χ2n) is 8.00. The van der Waals surface area contributed by atoms with Gasteiger partial charge in [0.15, 0.2) is 0 Å². The number of hydrogen-bond acceptors (Lipinski definition) is 7. The molecule has 0 aromatic rings. The highest BCUT2D eigenvalue weighted by atomic mass is 16.4. The van der Waals surface area contributed by atoms with Crippen molar-refractivity contribution >= 4 is 35.6 Å². The number of rotatable bonds is 13. The fraction of sp³-hybridized carbons (Fsp3) is 0.684. The van der Waals surface area contributed by atoms with Crippen LogP contribution in [0.15, 0.2) is 0 Å². The van der Waals surface area contributed by atoms with Crippen molar-refractivity contribution in [1.82, 2.24) is 21.3 Å². The molecule has 3 amide bonds. The van der Waals surface area contributed by atoms with Crippen LogP contribution in [-0.2, 0) is 28.8 Å². The van der Waals surface area contributed by atoms with Gasteiger partial charge in [0.05, 0.1) is 18.9 Å². The molecule has 1 rings (SSSR count). The quantitative estimate of drug-likeness (QED) is 0.166. The smallest absolute Gasteiger partial charge is 0.326 e. The maximum atomic E-state index is 12.6. The average molecular weight is 458 g/mol. The van der Waals surface area contributed by atoms with E-state index in [0.29, 0.717) is 13.0 Å². The molecular formula is C19H30N4O9. The Hall–Kier alpha value is -3.22. The number of aliphatic carboxylic acids is 3. The highest BCUT2D eigenvalue weighted by molar-refractivity contribution is 5.96. The maximum Gasteiger partial charge on any atom is 0.326 e. The number of nitrogens with one attached hydrogen (secondary N) is 4. The molecule has 7 N–H and O–H groups in total. The van der Waals surface area contributed by atoms with Crippen molar-refractivity contribution in [3.8, 4) is 0 Å². The van der Waals surface area contributed by atoms with E-state index in [0.717, 1.165) is 6.42 Å². The third kappa shape index (κ3) is 9.29. The van der Waals surface area contributed by atoms with E-state index in [9.17, 15) is 33.9 Å². The summed E-state index contributed by atoms with van der Waals surface area (Å²) in [5.74, 6) is -6.98. The van der Waals surface area contributed by atoms with Gasteiger partial charge < -0.3 is 36.6 Å². The van der Waals surface area contributed by atoms with Crippen molar-refractivity contribution < 1.29 is 44.1 Å². The number of hydrogen-bond donors (Lipinski definition) is 7. The Morgan fingerprint density at radius 2 is 1.34 bits per heavy atom. The number of amides is 3. The van der Waals surface area contributed by atoms with Crippen LogP contribution in [0.3, 0.4) is 0 Å². The van der Waals surface area contributed by atoms with Crippen LogP contribution in [0.1, 0.15) is 46.0 Å². The Kier molecular flexibility index (Phi) is 10.5. The summed E-state index contributed by atoms with van der Waals surface area (Å²) in [6.45, 7) is 4.06. The molecule has 0 radical (unpaired) electrons. The van der Waals surface area contributed by atoms with Gasteiger partial charge in [-0.3, -0.25) is 24.0 Å². The fourth-order valence-corrected chi connectivity index (χ4v) is 3.19. The van der Waals surface area contributed by atoms with Crippen LogP contribution < -0.4 is 21.3 Å². The predicted octanol–water partition coefficient (Wildman–Crippen LogP) is -1.73. The monoisotopic (exact) mass is 458 g/mol. The normalized spacial score (nSPS) is 18.3. The van der Waals surface area contributed by atoms with Crippen LogP contribution in [0.5, 0.6) is 0 Å². The van der Waals surface area contributed by atoms with E-state index in [1.54, 1.807) is 13.8 Å². The zero-order valence-corrected chi connectivity index (χ0v) is 17.9. The molecule has 0 saturated carbocycles. The molecule has 1 heterocycles. The van der Waals surface area contributed by atoms with Crippen LogP contribution in [0, 0.1) is 5.92 Å². The molecule has 0 aliphatic carbocycles. The van der Waals surface area contributed by atoms with E-state index in [1.165, 1.54) is 0 Å². The summed E-state index contributed by atoms with van der Waals surface area (Å²) in [6.07, 6.45) is -0.360. The lowest BCUT2D eigenvalue weighted by atomic mass is 10.0. The summed E-state index contributed by atoms with van der Waals surface area (Å²) in [5.41, 5.74) is 0. The molecule has 13 nitrogen and oxygen atoms in total. The molecule has 1 aliphatic heterocycles. The van der Waals surface area contributed by atoms with E-state index in [2.05, 4.69) is 21.3 Å². The number of carboxylic acid groups (broad SMARTS) is 3. The molecule has 180 valence electrons. The molecule has 1 fully saturated rings. The Bertz CT molecular complexity index is 734. The Labute approximate surface area is 184 Å². The first-order valence-corrected chi connectivity index (χ1v) is 10.2. The van der Waals surface area contributed by atoms with Gasteiger partial charge in [-0.05, 0) is 31.7 Å². The van der Waals surface area contributed by atoms with E-state index >= 15 is 0 Å². The van der Waals surface area contributed by atoms with Gasteiger partial charge in [0.1, 0.15) is 18.1 Å². The van der Waals surface area contributed by atoms with E-state index in [1.807, 2.05) is 0 Å². The highest BCUT2D eigenvalue weighted by Crippen LogP contribution is 2.08. The zero-order valence-electron chi connectivity index (χ0n) is 17.9. The number of carbonyl (C=O) groups is 6. The topological polar surface area (TPSA) is 211 Å². The summed E-state index contributed by atoms with van der Waals surface area (Å²) in [4.78, 5) is 71.1. The molecule has 4 unspecified atom stereocenters. The largest absolute Gasteiger partial charge is 0.481 e. The Morgan fingerprint density at radius 3 is 1.75 bits per heavy atom. The first-order chi connectivity index (χ1) is 14.9. The summed E-state index contributed by atoms with van der Waals surface area (Å²) in [6, 6.07) is -5.13. The van der Waals surface area contributed by atoms with Crippen LogP contribution >= 0.6 is 0 Å². The first-order valence-electron chi connectivity index (χ1n) is 10.2. The van der Waals surface area contributed by atoms with Crippen LogP contribution in [0.4, 0.5) is 0 Å². The van der Waals surface area contributed by atoms with Gasteiger partial charge in [-0.2, -0.15) is 0 Å². The molecular weight excluding hydrogens is 428 g/mol. The lowest BCUT2D eigenvalue weighted by Crippen LogP contribution is -2.57. The molecule has 1 aliphatic rings. The summed E-state index contributed by atoms with van der Waals surface area (Å²) in [7, 11) is 0. The molecule has 32 heavy (non-hydrogen) atoms. The van der Waals surface area contributed by atoms with Gasteiger partial charge in [-0.15, -0.1) is 0 Å². The zero-order chi connectivity index (χ0) is 24.4. The lowest BCUT2D eigenvalue weighted by molar-refractivity contribution is -0.145. The minimum absolute atomic E-state index is 0.0703. The van der Waals surface area contributed by atoms with Crippen molar-refractivity contribution in [2.75, 3.05) is 6.54 Å². The van der Waals surface area contributed by atoms with Crippen molar-refractivity contribution in [1.29, 1.82) is 0 Å². The number of carboxylic acids is 3. The Morgan fingerprint density at radius 1 is 0.844 bits per heavy atom. The van der Waals surface area contributed by atoms with E-state index < -0.39 is 72.6 Å². The van der Waals surface area contributed by atoms with Gasteiger partial charge in [0.2, 0.25) is 17.7 Å². The summed E-state index contributed by atoms with van der Waals surface area (Å²) >= 11 is 0. The molecule has 0 spiro atoms. The van der Waals surface area contributed by atoms with Gasteiger partial charge >= 0.3 is 17.9 Å². The van der Waals surface area contributed by atoms with Crippen LogP contribution in [0.2, 0.25) is 0 Å². The van der Waals surface area contributed by atoms with Crippen LogP contribution in [0.25, 0.3) is 0 Å². The van der Waals surface area contributed by atoms with Crippen LogP contribution in [-0.4, -0.2) is 81.7 Å². The van der Waals surface area contributed by atoms with Gasteiger partial charge in [0, 0.05) is 0 Å². The van der Waals surface area contributed by atoms with Crippen molar-refractivity contribution in [2.24, 2.45) is 5.92 Å². The fourth-order valence-electron chi connectivity index (χ4n) is 3.19. The first kappa shape index (κ1) is 26.8. The second kappa shape index (κ2) is 12.6. The van der Waals surface area contributed by atoms with Gasteiger partial charge in [-0.25, -0.2) is 4.79 Å². The molecule has 1 saturated heterocycles. The standard InChI is InChI=1S/C19H30N4O9/c1-9(2)6-13(19(31)32)23-18(30)12(8-15(26)27)22-17(29)11(7-14(24)25)21-16(28)10-4-3-5-20-10/h9-13,20H,3-8H2,1-2H3,(H,21,28)(H,22,29)(H,23,30)(H,24,25)(H,26,27)(H,31,32). The van der Waals surface area contributed by atoms with Crippen molar-refractivity contribution in [3.05, 3.63) is 0 Å². The predicted molar refractivity (Wildman–Crippen MR) is 108 cm³/mol. The highest BCUT2D eigenvalue weighted by Gasteiger charge is 2.33. The van der Waals surface area contributed by atoms with Gasteiger partial charge in [0.25, 0.3) is 0 Å². The van der Waals surface area contributed by atoms with E-state index in [-0.39, 0.29) is 12.3 Å². The van der Waals surface area contributed by atoms with Crippen molar-refractivity contribution in [2.45, 2.75) is 70.1 Å². The maximum absolute atomic E-state index is 12.6. The SMILES string of the molecule is CC(C)CC(NC(=O)C(CC(=O)O)NC(=O)C(CC(=O)O)NC(=O)C1CCCN1)C(=O)O. The molecule has 13 heteroatoms. The summed E-state index contributed by atoms with van der Waals surface area (Å²) < 4.78 is 0. The third-order valence-corrected chi connectivity index (χ3v) is 4.72. The third-order valence-electron chi connectivity index (χ3n) is 4.72. The minimum Gasteiger partial charge on any atom is -0.481 e. The summed E-state index contributed by atoms with van der Waals surface area (Å²) in [5, 5.41) is 37.0. The van der Waals surface area contributed by atoms with Crippen molar-refractivity contribution in [3.63, 3.8) is 0 Å². The second-order valence-corrected chi connectivity index (χ2v) is 8.00. The molecule has 4 atom stereocenters. The Balaban J connectivity index is 2.94. The molecule has 0 aromatic heterocycles.